The fraction of sp³-hybridized carbons (Fsp3) is 0.172. The third kappa shape index (κ3) is 3.64. The second-order valence-corrected chi connectivity index (χ2v) is 13.5. The van der Waals surface area contributed by atoms with Gasteiger partial charge in [-0.1, -0.05) is 115 Å². The molecule has 4 aromatic carbocycles. The molecule has 1 saturated heterocycles. The number of rotatable bonds is 4. The average molecular weight is 451 g/mol. The minimum atomic E-state index is -0.502. The molecule has 0 radical (unpaired) electrons. The molecular formula is C29H27NP2. The molecule has 158 valence electrons. The lowest BCUT2D eigenvalue weighted by Gasteiger charge is -2.38. The highest BCUT2D eigenvalue weighted by Crippen LogP contribution is 2.77. The zero-order valence-corrected chi connectivity index (χ0v) is 19.9. The summed E-state index contributed by atoms with van der Waals surface area (Å²) in [6, 6.07) is 43.1. The molecule has 0 saturated carbocycles. The van der Waals surface area contributed by atoms with Gasteiger partial charge >= 0.3 is 0 Å². The fourth-order valence-corrected chi connectivity index (χ4v) is 12.9. The van der Waals surface area contributed by atoms with Gasteiger partial charge < -0.3 is 0 Å². The number of hydrogen-bond donors (Lipinski definition) is 0. The summed E-state index contributed by atoms with van der Waals surface area (Å²) in [5.41, 5.74) is 5.82. The van der Waals surface area contributed by atoms with Crippen LogP contribution in [0.25, 0.3) is 0 Å². The van der Waals surface area contributed by atoms with Crippen LogP contribution in [0.15, 0.2) is 115 Å². The van der Waals surface area contributed by atoms with Crippen LogP contribution in [0.3, 0.4) is 0 Å². The molecule has 1 fully saturated rings. The van der Waals surface area contributed by atoms with Gasteiger partial charge in [-0.15, -0.1) is 0 Å². The molecular weight excluding hydrogens is 424 g/mol. The van der Waals surface area contributed by atoms with Crippen LogP contribution in [0.2, 0.25) is 0 Å². The summed E-state index contributed by atoms with van der Waals surface area (Å²) < 4.78 is 2.95. The van der Waals surface area contributed by atoms with E-state index >= 15 is 0 Å². The Labute approximate surface area is 193 Å². The van der Waals surface area contributed by atoms with Crippen LogP contribution in [-0.2, 0) is 6.54 Å². The molecule has 4 aromatic rings. The molecule has 0 aromatic heterocycles. The third-order valence-electron chi connectivity index (χ3n) is 6.75. The number of fused-ring (bicyclic) bond motifs is 1. The predicted molar refractivity (Wildman–Crippen MR) is 139 cm³/mol. The van der Waals surface area contributed by atoms with Gasteiger partial charge in [0, 0.05) is 25.9 Å². The normalized spacial score (nSPS) is 25.0. The molecule has 4 atom stereocenters. The largest absolute Gasteiger partial charge is 0.247 e. The first-order valence-corrected chi connectivity index (χ1v) is 14.2. The van der Waals surface area contributed by atoms with Crippen molar-refractivity contribution < 1.29 is 0 Å². The Kier molecular flexibility index (Phi) is 5.66. The minimum Gasteiger partial charge on any atom is -0.247 e. The van der Waals surface area contributed by atoms with Crippen molar-refractivity contribution in [2.75, 3.05) is 0 Å². The summed E-state index contributed by atoms with van der Waals surface area (Å²) in [5.74, 6) is 0. The molecule has 2 aliphatic heterocycles. The van der Waals surface area contributed by atoms with Crippen LogP contribution in [0.1, 0.15) is 40.8 Å². The second-order valence-electron chi connectivity index (χ2n) is 8.62. The van der Waals surface area contributed by atoms with E-state index in [1.165, 1.54) is 34.8 Å². The zero-order valence-electron chi connectivity index (χ0n) is 18.1. The highest BCUT2D eigenvalue weighted by atomic mass is 31.2. The molecule has 0 spiro atoms. The molecule has 2 aliphatic rings. The lowest BCUT2D eigenvalue weighted by molar-refractivity contribution is 0.711. The van der Waals surface area contributed by atoms with E-state index in [0.29, 0.717) is 11.3 Å². The quantitative estimate of drug-likeness (QED) is 0.290. The Hall–Kier alpha value is -2.30. The maximum Gasteiger partial charge on any atom is 0.0326 e. The number of hydrogen-bond acceptors (Lipinski definition) is 1. The van der Waals surface area contributed by atoms with Gasteiger partial charge in [0.2, 0.25) is 0 Å². The van der Waals surface area contributed by atoms with Gasteiger partial charge in [-0.25, -0.2) is 4.44 Å². The van der Waals surface area contributed by atoms with E-state index in [1.807, 2.05) is 0 Å². The Morgan fingerprint density at radius 1 is 0.562 bits per heavy atom. The lowest BCUT2D eigenvalue weighted by atomic mass is 10.0. The lowest BCUT2D eigenvalue weighted by Crippen LogP contribution is -2.19. The van der Waals surface area contributed by atoms with Gasteiger partial charge in [-0.05, 0) is 48.2 Å². The van der Waals surface area contributed by atoms with Crippen LogP contribution in [0.4, 0.5) is 0 Å². The molecule has 1 nitrogen and oxygen atoms in total. The van der Waals surface area contributed by atoms with Crippen LogP contribution in [0.5, 0.6) is 0 Å². The topological polar surface area (TPSA) is 3.24 Å². The summed E-state index contributed by atoms with van der Waals surface area (Å²) in [5, 5.41) is 3.04. The molecule has 6 rings (SSSR count). The molecule has 0 aliphatic carbocycles. The minimum absolute atomic E-state index is 0.373. The van der Waals surface area contributed by atoms with E-state index in [1.54, 1.807) is 5.30 Å². The first-order chi connectivity index (χ1) is 15.9. The Balaban J connectivity index is 1.48. The highest BCUT2D eigenvalue weighted by molar-refractivity contribution is 7.80. The monoisotopic (exact) mass is 451 g/mol. The van der Waals surface area contributed by atoms with Gasteiger partial charge in [0.25, 0.3) is 0 Å². The van der Waals surface area contributed by atoms with E-state index in [-0.39, 0.29) is 8.07 Å². The van der Waals surface area contributed by atoms with Crippen molar-refractivity contribution in [3.63, 3.8) is 0 Å². The molecule has 0 N–H and O–H groups in total. The van der Waals surface area contributed by atoms with Crippen LogP contribution < -0.4 is 10.6 Å². The summed E-state index contributed by atoms with van der Waals surface area (Å²) in [6.45, 7) is 1.08. The molecule has 2 heterocycles. The summed E-state index contributed by atoms with van der Waals surface area (Å²) >= 11 is 0. The maximum atomic E-state index is 2.95. The first-order valence-electron chi connectivity index (χ1n) is 11.5. The summed E-state index contributed by atoms with van der Waals surface area (Å²) in [7, 11) is -0.875. The number of benzene rings is 4. The smallest absolute Gasteiger partial charge is 0.0326 e. The van der Waals surface area contributed by atoms with Gasteiger partial charge in [0.05, 0.1) is 0 Å². The highest BCUT2D eigenvalue weighted by Gasteiger charge is 2.46. The predicted octanol–water partition coefficient (Wildman–Crippen LogP) is 7.52. The van der Waals surface area contributed by atoms with Crippen molar-refractivity contribution in [2.45, 2.75) is 30.7 Å². The maximum absolute atomic E-state index is 2.95. The van der Waals surface area contributed by atoms with Crippen LogP contribution in [0, 0.1) is 0 Å². The number of nitrogens with zero attached hydrogens (tertiary/aromatic N) is 1. The Morgan fingerprint density at radius 2 is 1.06 bits per heavy atom. The molecule has 0 amide bonds. The average Bonchev–Trinajstić information content (AvgIpc) is 3.47. The van der Waals surface area contributed by atoms with E-state index in [4.69, 9.17) is 0 Å². The second kappa shape index (κ2) is 8.92. The van der Waals surface area contributed by atoms with Crippen molar-refractivity contribution in [3.05, 3.63) is 132 Å². The zero-order chi connectivity index (χ0) is 21.3. The Morgan fingerprint density at radius 3 is 1.66 bits per heavy atom. The summed E-state index contributed by atoms with van der Waals surface area (Å²) in [6.07, 6.45) is 2.56. The Bertz CT molecular complexity index is 1130. The van der Waals surface area contributed by atoms with Crippen molar-refractivity contribution >= 4 is 26.8 Å². The van der Waals surface area contributed by atoms with Crippen molar-refractivity contribution in [1.82, 2.24) is 4.44 Å². The van der Waals surface area contributed by atoms with Crippen LogP contribution >= 0.6 is 16.1 Å². The molecule has 3 unspecified atom stereocenters. The molecule has 32 heavy (non-hydrogen) atoms. The fourth-order valence-electron chi connectivity index (χ4n) is 5.33. The van der Waals surface area contributed by atoms with Crippen molar-refractivity contribution in [3.8, 4) is 0 Å². The van der Waals surface area contributed by atoms with Gasteiger partial charge in [0.1, 0.15) is 0 Å². The van der Waals surface area contributed by atoms with E-state index < -0.39 is 8.07 Å². The standard InChI is InChI=1S/C29H27NP2/c1-4-12-23(13-5-1)28-20-21-29(24-14-6-2-7-15-24)32(28)30-22-25-16-10-11-19-27(25)31(30)26-17-8-3-9-18-26/h1-19,28-29H,20-22H2/t28-,29?,31?,32?/m1/s1. The third-order valence-corrected chi connectivity index (χ3v) is 13.3. The van der Waals surface area contributed by atoms with Crippen LogP contribution in [-0.4, -0.2) is 4.44 Å². The molecule has 3 heteroatoms. The van der Waals surface area contributed by atoms with Crippen molar-refractivity contribution in [2.24, 2.45) is 0 Å². The summed E-state index contributed by atoms with van der Waals surface area (Å²) in [4.78, 5) is 0. The van der Waals surface area contributed by atoms with Gasteiger partial charge in [0.15, 0.2) is 0 Å². The van der Waals surface area contributed by atoms with E-state index in [9.17, 15) is 0 Å². The van der Waals surface area contributed by atoms with Gasteiger partial charge in [-0.2, -0.15) is 0 Å². The van der Waals surface area contributed by atoms with Crippen molar-refractivity contribution in [1.29, 1.82) is 0 Å². The van der Waals surface area contributed by atoms with E-state index in [2.05, 4.69) is 120 Å². The van der Waals surface area contributed by atoms with Gasteiger partial charge in [-0.3, -0.25) is 0 Å². The van der Waals surface area contributed by atoms with E-state index in [0.717, 1.165) is 6.54 Å². The first kappa shape index (κ1) is 20.3. The molecule has 0 bridgehead atoms. The SMILES string of the molecule is c1ccc(C2CC[C@H](c3ccccc3)P2N2Cc3ccccc3P2c2ccccc2)cc1.